The van der Waals surface area contributed by atoms with Crippen LogP contribution in [0.2, 0.25) is 10.0 Å². The number of nitrogens with zero attached hydrogens (tertiary/aromatic N) is 2. The van der Waals surface area contributed by atoms with Crippen LogP contribution in [-0.4, -0.2) is 38.5 Å². The lowest BCUT2D eigenvalue weighted by atomic mass is 9.66. The van der Waals surface area contributed by atoms with Crippen LogP contribution < -0.4 is 10.5 Å². The van der Waals surface area contributed by atoms with E-state index in [-0.39, 0.29) is 41.0 Å². The van der Waals surface area contributed by atoms with E-state index >= 15 is 0 Å². The standard InChI is InChI=1S/C31H25Cl2N3O5/c32-23-10-5-11-24(33)27(23)28(34)22(29(37)18-6-2-1-3-7-18)17-41-26-16-35-25(15-36-26)31(40)13-21(14-31)19-8-4-9-20(12-19)30(38)39/h1-12,15-16,21,40H,13-14,17,34H2,(H,38,39). The second-order valence-electron chi connectivity index (χ2n) is 9.78. The number of carbonyl (C=O) groups excluding carboxylic acids is 1. The molecule has 4 aromatic rings. The van der Waals surface area contributed by atoms with Gasteiger partial charge in [-0.3, -0.25) is 9.78 Å². The Morgan fingerprint density at radius 1 is 0.927 bits per heavy atom. The Kier molecular flexibility index (Phi) is 8.08. The van der Waals surface area contributed by atoms with Gasteiger partial charge in [0.15, 0.2) is 5.78 Å². The molecule has 1 aliphatic carbocycles. The van der Waals surface area contributed by atoms with Gasteiger partial charge in [-0.2, -0.15) is 0 Å². The molecule has 0 radical (unpaired) electrons. The number of nitrogens with two attached hydrogens (primary N) is 1. The van der Waals surface area contributed by atoms with Gasteiger partial charge in [-0.05, 0) is 48.6 Å². The molecule has 0 atom stereocenters. The second kappa shape index (κ2) is 11.7. The number of hydrogen-bond acceptors (Lipinski definition) is 7. The van der Waals surface area contributed by atoms with E-state index in [0.29, 0.717) is 39.7 Å². The molecular weight excluding hydrogens is 565 g/mol. The SMILES string of the molecule is NC(=C(COc1cnc(C2(O)CC(c3cccc(C(=O)O)c3)C2)cn1)C(=O)c1ccccc1)c1c(Cl)cccc1Cl. The first kappa shape index (κ1) is 28.3. The van der Waals surface area contributed by atoms with Crippen LogP contribution in [0.1, 0.15) is 56.3 Å². The van der Waals surface area contributed by atoms with Gasteiger partial charge < -0.3 is 20.7 Å². The number of carboxylic acid groups (broad SMARTS) is 1. The van der Waals surface area contributed by atoms with Crippen LogP contribution in [0, 0.1) is 0 Å². The van der Waals surface area contributed by atoms with Crippen molar-refractivity contribution in [3.63, 3.8) is 0 Å². The predicted octanol–water partition coefficient (Wildman–Crippen LogP) is 5.88. The van der Waals surface area contributed by atoms with Crippen molar-refractivity contribution in [1.82, 2.24) is 9.97 Å². The molecule has 0 unspecified atom stereocenters. The normalized spacial score (nSPS) is 18.7. The van der Waals surface area contributed by atoms with Crippen LogP contribution in [0.3, 0.4) is 0 Å². The molecule has 0 spiro atoms. The topological polar surface area (TPSA) is 136 Å². The minimum atomic E-state index is -1.20. The molecule has 5 rings (SSSR count). The number of carbonyl (C=O) groups is 2. The summed E-state index contributed by atoms with van der Waals surface area (Å²) in [6, 6.07) is 20.3. The Labute approximate surface area is 246 Å². The smallest absolute Gasteiger partial charge is 0.335 e. The minimum Gasteiger partial charge on any atom is -0.478 e. The van der Waals surface area contributed by atoms with E-state index in [4.69, 9.17) is 33.7 Å². The Hall–Kier alpha value is -4.24. The van der Waals surface area contributed by atoms with E-state index in [1.54, 1.807) is 60.7 Å². The summed E-state index contributed by atoms with van der Waals surface area (Å²) in [5.74, 6) is -1.24. The van der Waals surface area contributed by atoms with Gasteiger partial charge in [-0.1, -0.05) is 71.7 Å². The van der Waals surface area contributed by atoms with Gasteiger partial charge in [-0.25, -0.2) is 9.78 Å². The quantitative estimate of drug-likeness (QED) is 0.163. The number of halogens is 2. The maximum Gasteiger partial charge on any atom is 0.335 e. The summed E-state index contributed by atoms with van der Waals surface area (Å²) in [4.78, 5) is 33.4. The van der Waals surface area contributed by atoms with Crippen molar-refractivity contribution >= 4 is 40.7 Å². The van der Waals surface area contributed by atoms with Gasteiger partial charge in [0, 0.05) is 11.1 Å². The van der Waals surface area contributed by atoms with Crippen LogP contribution in [0.5, 0.6) is 5.88 Å². The maximum atomic E-state index is 13.4. The average molecular weight is 590 g/mol. The largest absolute Gasteiger partial charge is 0.478 e. The van der Waals surface area contributed by atoms with Gasteiger partial charge in [0.25, 0.3) is 0 Å². The number of benzene rings is 3. The third kappa shape index (κ3) is 5.95. The van der Waals surface area contributed by atoms with Gasteiger partial charge in [-0.15, -0.1) is 0 Å². The number of aromatic carboxylic acids is 1. The van der Waals surface area contributed by atoms with E-state index in [2.05, 4.69) is 9.97 Å². The van der Waals surface area contributed by atoms with Crippen LogP contribution in [0.4, 0.5) is 0 Å². The molecule has 208 valence electrons. The maximum absolute atomic E-state index is 13.4. The number of Topliss-reactive ketones (excluding diaryl/α,β-unsaturated/α-hetero) is 1. The molecule has 0 amide bonds. The zero-order valence-corrected chi connectivity index (χ0v) is 23.1. The number of carboxylic acids is 1. The number of rotatable bonds is 9. The molecule has 0 bridgehead atoms. The van der Waals surface area contributed by atoms with E-state index < -0.39 is 11.6 Å². The fourth-order valence-corrected chi connectivity index (χ4v) is 5.44. The predicted molar refractivity (Wildman–Crippen MR) is 155 cm³/mol. The monoisotopic (exact) mass is 589 g/mol. The van der Waals surface area contributed by atoms with E-state index in [0.717, 1.165) is 5.56 Å². The molecule has 4 N–H and O–H groups in total. The lowest BCUT2D eigenvalue weighted by molar-refractivity contribution is -0.0590. The van der Waals surface area contributed by atoms with E-state index in [1.807, 2.05) is 6.07 Å². The molecule has 0 saturated heterocycles. The number of ketones is 1. The molecule has 1 heterocycles. The molecule has 0 aliphatic heterocycles. The summed E-state index contributed by atoms with van der Waals surface area (Å²) in [5.41, 5.74) is 7.63. The summed E-state index contributed by atoms with van der Waals surface area (Å²) in [5, 5.41) is 20.9. The molecule has 1 aliphatic rings. The molecule has 8 nitrogen and oxygen atoms in total. The summed E-state index contributed by atoms with van der Waals surface area (Å²) in [6.07, 6.45) is 3.54. The summed E-state index contributed by atoms with van der Waals surface area (Å²) in [6.45, 7) is -0.235. The van der Waals surface area contributed by atoms with Crippen molar-refractivity contribution in [2.75, 3.05) is 6.61 Å². The van der Waals surface area contributed by atoms with Crippen LogP contribution in [0.15, 0.2) is 90.8 Å². The first-order valence-corrected chi connectivity index (χ1v) is 13.5. The highest BCUT2D eigenvalue weighted by Gasteiger charge is 2.46. The minimum absolute atomic E-state index is 0.00618. The zero-order chi connectivity index (χ0) is 29.1. The molecule has 1 aromatic heterocycles. The number of aliphatic hydroxyl groups is 1. The molecule has 3 aromatic carbocycles. The fraction of sp³-hybridized carbons (Fsp3) is 0.161. The molecular formula is C31H25Cl2N3O5. The Bertz CT molecular complexity index is 1620. The first-order chi connectivity index (χ1) is 19.7. The molecule has 41 heavy (non-hydrogen) atoms. The zero-order valence-electron chi connectivity index (χ0n) is 21.6. The van der Waals surface area contributed by atoms with Gasteiger partial charge in [0.2, 0.25) is 5.88 Å². The van der Waals surface area contributed by atoms with Crippen molar-refractivity contribution in [1.29, 1.82) is 0 Å². The summed E-state index contributed by atoms with van der Waals surface area (Å²) >= 11 is 12.7. The van der Waals surface area contributed by atoms with Gasteiger partial charge in [0.05, 0.1) is 45.0 Å². The van der Waals surface area contributed by atoms with E-state index in [1.165, 1.54) is 18.5 Å². The third-order valence-corrected chi connectivity index (χ3v) is 7.74. The summed E-state index contributed by atoms with van der Waals surface area (Å²) < 4.78 is 5.82. The lowest BCUT2D eigenvalue weighted by Crippen LogP contribution is -2.40. The number of aromatic nitrogens is 2. The van der Waals surface area contributed by atoms with Crippen molar-refractivity contribution in [3.8, 4) is 5.88 Å². The highest BCUT2D eigenvalue weighted by atomic mass is 35.5. The number of ether oxygens (including phenoxy) is 1. The van der Waals surface area contributed by atoms with Gasteiger partial charge >= 0.3 is 5.97 Å². The third-order valence-electron chi connectivity index (χ3n) is 7.11. The molecule has 10 heteroatoms. The van der Waals surface area contributed by atoms with Crippen molar-refractivity contribution in [2.24, 2.45) is 5.73 Å². The summed E-state index contributed by atoms with van der Waals surface area (Å²) in [7, 11) is 0. The van der Waals surface area contributed by atoms with Crippen LogP contribution in [-0.2, 0) is 5.60 Å². The first-order valence-electron chi connectivity index (χ1n) is 12.7. The Morgan fingerprint density at radius 3 is 2.22 bits per heavy atom. The number of hydrogen-bond donors (Lipinski definition) is 3. The van der Waals surface area contributed by atoms with Crippen LogP contribution in [0.25, 0.3) is 5.70 Å². The Balaban J connectivity index is 1.33. The second-order valence-corrected chi connectivity index (χ2v) is 10.6. The lowest BCUT2D eigenvalue weighted by Gasteiger charge is -2.43. The van der Waals surface area contributed by atoms with Gasteiger partial charge in [0.1, 0.15) is 12.2 Å². The van der Waals surface area contributed by atoms with Crippen molar-refractivity contribution in [2.45, 2.75) is 24.4 Å². The van der Waals surface area contributed by atoms with Crippen molar-refractivity contribution < 1.29 is 24.5 Å². The average Bonchev–Trinajstić information content (AvgIpc) is 2.96. The fourth-order valence-electron chi connectivity index (χ4n) is 4.84. The van der Waals surface area contributed by atoms with Crippen LogP contribution >= 0.6 is 23.2 Å². The highest BCUT2D eigenvalue weighted by Crippen LogP contribution is 2.50. The highest BCUT2D eigenvalue weighted by molar-refractivity contribution is 6.38. The molecule has 1 fully saturated rings. The molecule has 1 saturated carbocycles. The van der Waals surface area contributed by atoms with E-state index in [9.17, 15) is 19.8 Å². The Morgan fingerprint density at radius 2 is 1.59 bits per heavy atom. The van der Waals surface area contributed by atoms with Crippen molar-refractivity contribution in [3.05, 3.63) is 129 Å².